The monoisotopic (exact) mass is 480 g/mol. The highest BCUT2D eigenvalue weighted by Gasteiger charge is 2.11. The van der Waals surface area contributed by atoms with Gasteiger partial charge in [-0.3, -0.25) is 0 Å². The summed E-state index contributed by atoms with van der Waals surface area (Å²) in [6.45, 7) is 2.20. The zero-order chi connectivity index (χ0) is 10.7. The number of ether oxygens (including phenoxy) is 1. The molecular weight excluding hydrogens is 474 g/mol. The van der Waals surface area contributed by atoms with Gasteiger partial charge in [-0.25, -0.2) is 4.79 Å². The van der Waals surface area contributed by atoms with Crippen LogP contribution in [-0.4, -0.2) is 12.6 Å². The van der Waals surface area contributed by atoms with Gasteiger partial charge in [-0.05, 0) is 80.2 Å². The van der Waals surface area contributed by atoms with E-state index < -0.39 is 0 Å². The molecule has 76 valence electrons. The molecule has 0 unspecified atom stereocenters. The molecule has 1 rings (SSSR count). The number of rotatable bonds is 2. The summed E-state index contributed by atoms with van der Waals surface area (Å²) < 4.78 is 7.99. The largest absolute Gasteiger partial charge is 0.462 e. The summed E-state index contributed by atoms with van der Waals surface area (Å²) in [6.07, 6.45) is 0. The Morgan fingerprint density at radius 1 is 1.50 bits per heavy atom. The molecule has 1 aromatic rings. The van der Waals surface area contributed by atoms with E-state index in [0.717, 1.165) is 11.6 Å². The van der Waals surface area contributed by atoms with Crippen molar-refractivity contribution < 1.29 is 9.53 Å². The zero-order valence-corrected chi connectivity index (χ0v) is 13.2. The van der Waals surface area contributed by atoms with Gasteiger partial charge in [0.1, 0.15) is 0 Å². The minimum atomic E-state index is -0.275. The Balaban J connectivity index is 3.06. The third-order valence-electron chi connectivity index (χ3n) is 1.49. The average molecular weight is 481 g/mol. The maximum absolute atomic E-state index is 11.4. The van der Waals surface area contributed by atoms with E-state index in [4.69, 9.17) is 4.74 Å². The summed E-state index contributed by atoms with van der Waals surface area (Å²) in [6, 6.07) is 3.60. The molecule has 0 aliphatic rings. The summed E-state index contributed by atoms with van der Waals surface area (Å²) in [5, 5.41) is 0. The Morgan fingerprint density at radius 2 is 2.14 bits per heavy atom. The lowest BCUT2D eigenvalue weighted by atomic mass is 10.2. The van der Waals surface area contributed by atoms with E-state index in [-0.39, 0.29) is 5.97 Å². The Morgan fingerprint density at radius 3 is 2.64 bits per heavy atom. The van der Waals surface area contributed by atoms with E-state index >= 15 is 0 Å². The lowest BCUT2D eigenvalue weighted by Gasteiger charge is -2.05. The number of hydrogen-bond donors (Lipinski definition) is 0. The first-order chi connectivity index (χ1) is 6.56. The van der Waals surface area contributed by atoms with Gasteiger partial charge in [-0.1, -0.05) is 0 Å². The van der Waals surface area contributed by atoms with Gasteiger partial charge in [-0.2, -0.15) is 0 Å². The fourth-order valence-electron chi connectivity index (χ4n) is 0.888. The van der Waals surface area contributed by atoms with E-state index in [2.05, 4.69) is 61.1 Å². The number of halogens is 3. The van der Waals surface area contributed by atoms with Crippen molar-refractivity contribution in [2.24, 2.45) is 0 Å². The summed E-state index contributed by atoms with van der Waals surface area (Å²) in [4.78, 5) is 11.4. The number of benzene rings is 1. The Bertz CT molecular complexity index is 343. The van der Waals surface area contributed by atoms with Crippen LogP contribution in [0.4, 0.5) is 0 Å². The molecule has 1 aromatic carbocycles. The van der Waals surface area contributed by atoms with Crippen molar-refractivity contribution in [2.75, 3.05) is 6.61 Å². The molecular formula is C9H7BrI2O2. The first kappa shape index (κ1) is 12.7. The average Bonchev–Trinajstić information content (AvgIpc) is 2.13. The molecule has 0 saturated carbocycles. The Hall–Kier alpha value is 0.630. The van der Waals surface area contributed by atoms with Crippen molar-refractivity contribution >= 4 is 67.1 Å². The highest BCUT2D eigenvalue weighted by molar-refractivity contribution is 14.1. The number of carbonyl (C=O) groups is 1. The van der Waals surface area contributed by atoms with Gasteiger partial charge in [0.05, 0.1) is 12.2 Å². The van der Waals surface area contributed by atoms with Crippen LogP contribution in [0.3, 0.4) is 0 Å². The van der Waals surface area contributed by atoms with Crippen LogP contribution in [0.1, 0.15) is 17.3 Å². The number of hydrogen-bond acceptors (Lipinski definition) is 2. The van der Waals surface area contributed by atoms with Crippen molar-refractivity contribution in [3.8, 4) is 0 Å². The predicted molar refractivity (Wildman–Crippen MR) is 75.5 cm³/mol. The molecule has 0 amide bonds. The number of carbonyl (C=O) groups excluding carboxylic acids is 1. The first-order valence-corrected chi connectivity index (χ1v) is 6.83. The predicted octanol–water partition coefficient (Wildman–Crippen LogP) is 3.84. The lowest BCUT2D eigenvalue weighted by molar-refractivity contribution is 0.0526. The van der Waals surface area contributed by atoms with E-state index in [1.165, 1.54) is 0 Å². The SMILES string of the molecule is CCOC(=O)c1cc(Br)c(I)c(I)c1. The highest BCUT2D eigenvalue weighted by Crippen LogP contribution is 2.26. The molecule has 5 heteroatoms. The summed E-state index contributed by atoms with van der Waals surface area (Å²) in [7, 11) is 0. The van der Waals surface area contributed by atoms with Crippen molar-refractivity contribution in [1.82, 2.24) is 0 Å². The Labute approximate surface area is 118 Å². The van der Waals surface area contributed by atoms with E-state index in [1.54, 1.807) is 13.0 Å². The smallest absolute Gasteiger partial charge is 0.338 e. The second-order valence-corrected chi connectivity index (χ2v) is 5.57. The van der Waals surface area contributed by atoms with Gasteiger partial charge in [0.15, 0.2) is 0 Å². The molecule has 0 fully saturated rings. The van der Waals surface area contributed by atoms with Crippen molar-refractivity contribution in [3.05, 3.63) is 29.3 Å². The van der Waals surface area contributed by atoms with Gasteiger partial charge in [0.25, 0.3) is 0 Å². The van der Waals surface area contributed by atoms with Crippen LogP contribution in [0.2, 0.25) is 0 Å². The first-order valence-electron chi connectivity index (χ1n) is 3.88. The molecule has 14 heavy (non-hydrogen) atoms. The molecule has 0 spiro atoms. The molecule has 0 saturated heterocycles. The van der Waals surface area contributed by atoms with Crippen LogP contribution in [0.25, 0.3) is 0 Å². The van der Waals surface area contributed by atoms with Gasteiger partial charge in [0, 0.05) is 11.6 Å². The van der Waals surface area contributed by atoms with Crippen LogP contribution >= 0.6 is 61.1 Å². The Kier molecular flexibility index (Phi) is 5.12. The molecule has 0 heterocycles. The third kappa shape index (κ3) is 3.06. The number of esters is 1. The second kappa shape index (κ2) is 5.64. The molecule has 0 N–H and O–H groups in total. The highest BCUT2D eigenvalue weighted by atomic mass is 127. The minimum absolute atomic E-state index is 0.275. The van der Waals surface area contributed by atoms with E-state index in [1.807, 2.05) is 6.07 Å². The fraction of sp³-hybridized carbons (Fsp3) is 0.222. The van der Waals surface area contributed by atoms with Crippen molar-refractivity contribution in [3.63, 3.8) is 0 Å². The minimum Gasteiger partial charge on any atom is -0.462 e. The summed E-state index contributed by atoms with van der Waals surface area (Å²) >= 11 is 7.81. The van der Waals surface area contributed by atoms with E-state index in [9.17, 15) is 4.79 Å². The summed E-state index contributed by atoms with van der Waals surface area (Å²) in [5.74, 6) is -0.275. The molecule has 0 aliphatic carbocycles. The topological polar surface area (TPSA) is 26.3 Å². The quantitative estimate of drug-likeness (QED) is 0.365. The van der Waals surface area contributed by atoms with Gasteiger partial charge < -0.3 is 4.74 Å². The molecule has 0 aliphatic heterocycles. The van der Waals surface area contributed by atoms with Crippen molar-refractivity contribution in [2.45, 2.75) is 6.92 Å². The van der Waals surface area contributed by atoms with E-state index in [0.29, 0.717) is 12.2 Å². The zero-order valence-electron chi connectivity index (χ0n) is 7.31. The molecule has 0 atom stereocenters. The van der Waals surface area contributed by atoms with Gasteiger partial charge in [-0.15, -0.1) is 0 Å². The maximum Gasteiger partial charge on any atom is 0.338 e. The normalized spacial score (nSPS) is 10.0. The standard InChI is InChI=1S/C9H7BrI2O2/c1-2-14-9(13)5-3-6(10)8(12)7(11)4-5/h3-4H,2H2,1H3. The fourth-order valence-corrected chi connectivity index (χ4v) is 2.66. The molecule has 0 bridgehead atoms. The van der Waals surface area contributed by atoms with Gasteiger partial charge in [0.2, 0.25) is 0 Å². The second-order valence-electron chi connectivity index (χ2n) is 2.47. The molecule has 0 aromatic heterocycles. The van der Waals surface area contributed by atoms with Gasteiger partial charge >= 0.3 is 5.97 Å². The summed E-state index contributed by atoms with van der Waals surface area (Å²) in [5.41, 5.74) is 0.587. The third-order valence-corrected chi connectivity index (χ3v) is 5.91. The molecule has 2 nitrogen and oxygen atoms in total. The maximum atomic E-state index is 11.4. The van der Waals surface area contributed by atoms with Crippen LogP contribution < -0.4 is 0 Å². The van der Waals surface area contributed by atoms with Crippen molar-refractivity contribution in [1.29, 1.82) is 0 Å². The van der Waals surface area contributed by atoms with Crippen LogP contribution in [0.15, 0.2) is 16.6 Å². The van der Waals surface area contributed by atoms with Crippen LogP contribution in [0.5, 0.6) is 0 Å². The van der Waals surface area contributed by atoms with Crippen LogP contribution in [0, 0.1) is 7.14 Å². The molecule has 0 radical (unpaired) electrons. The van der Waals surface area contributed by atoms with Crippen LogP contribution in [-0.2, 0) is 4.74 Å². The lowest BCUT2D eigenvalue weighted by Crippen LogP contribution is -2.05.